The minimum atomic E-state index is -0.717. The Morgan fingerprint density at radius 2 is 1.66 bits per heavy atom. The van der Waals surface area contributed by atoms with Gasteiger partial charge in [0.1, 0.15) is 5.58 Å². The summed E-state index contributed by atoms with van der Waals surface area (Å²) in [5.41, 5.74) is 3.94. The van der Waals surface area contributed by atoms with Crippen LogP contribution < -0.4 is 10.3 Å². The summed E-state index contributed by atoms with van der Waals surface area (Å²) in [6.07, 6.45) is 0. The van der Waals surface area contributed by atoms with Crippen LogP contribution in [0.3, 0.4) is 0 Å². The van der Waals surface area contributed by atoms with Crippen molar-refractivity contribution in [2.45, 2.75) is 26.8 Å². The molecule has 0 spiro atoms. The van der Waals surface area contributed by atoms with Gasteiger partial charge in [-0.25, -0.2) is 4.79 Å². The summed E-state index contributed by atoms with van der Waals surface area (Å²) < 4.78 is 11.1. The predicted octanol–water partition coefficient (Wildman–Crippen LogP) is 5.99. The van der Waals surface area contributed by atoms with E-state index in [1.54, 1.807) is 67.6 Å². The third kappa shape index (κ3) is 3.80. The third-order valence-electron chi connectivity index (χ3n) is 6.33. The maximum absolute atomic E-state index is 13.7. The fourth-order valence-corrected chi connectivity index (χ4v) is 4.55. The highest BCUT2D eigenvalue weighted by Crippen LogP contribution is 2.41. The fraction of sp³-hybridized carbons (Fsp3) is 0.179. The number of rotatable bonds is 4. The molecule has 1 atom stereocenters. The molecule has 0 saturated carbocycles. The van der Waals surface area contributed by atoms with Crippen molar-refractivity contribution in [2.75, 3.05) is 11.5 Å². The number of hydrogen-bond donors (Lipinski definition) is 0. The normalized spacial score (nSPS) is 14.9. The zero-order valence-corrected chi connectivity index (χ0v) is 20.2. The van der Waals surface area contributed by atoms with Crippen molar-refractivity contribution >= 4 is 40.1 Å². The average Bonchev–Trinajstić information content (AvgIpc) is 3.13. The lowest BCUT2D eigenvalue weighted by Crippen LogP contribution is -2.29. The molecule has 6 nitrogen and oxygen atoms in total. The van der Waals surface area contributed by atoms with Crippen LogP contribution in [0.25, 0.3) is 11.0 Å². The van der Waals surface area contributed by atoms with Crippen molar-refractivity contribution in [1.82, 2.24) is 0 Å². The average molecular weight is 488 g/mol. The summed E-state index contributed by atoms with van der Waals surface area (Å²) in [6.45, 7) is 5.86. The van der Waals surface area contributed by atoms with Crippen molar-refractivity contribution < 1.29 is 18.7 Å². The van der Waals surface area contributed by atoms with Crippen LogP contribution in [0.5, 0.6) is 0 Å². The number of amides is 1. The highest BCUT2D eigenvalue weighted by Gasteiger charge is 2.43. The summed E-state index contributed by atoms with van der Waals surface area (Å²) in [5.74, 6) is -0.862. The number of hydrogen-bond acceptors (Lipinski definition) is 5. The monoisotopic (exact) mass is 487 g/mol. The number of fused-ring (bicyclic) bond motifs is 2. The number of benzene rings is 3. The summed E-state index contributed by atoms with van der Waals surface area (Å²) in [6, 6.07) is 16.4. The van der Waals surface area contributed by atoms with Crippen molar-refractivity contribution in [3.8, 4) is 0 Å². The molecule has 0 saturated heterocycles. The van der Waals surface area contributed by atoms with Gasteiger partial charge < -0.3 is 9.15 Å². The zero-order chi connectivity index (χ0) is 24.9. The van der Waals surface area contributed by atoms with Crippen molar-refractivity contribution in [1.29, 1.82) is 0 Å². The standard InChI is InChI=1S/C28H22ClNO5/c1-4-34-28(33)18-7-11-20(12-8-18)30-24(17-5-9-19(29)10-6-17)23-25(31)21-13-15(2)16(3)14-22(21)35-26(23)27(30)32/h5-14,24H,4H2,1-3H3. The number of carbonyl (C=O) groups excluding carboxylic acids is 2. The number of aryl methyl sites for hydroxylation is 2. The zero-order valence-electron chi connectivity index (χ0n) is 19.4. The van der Waals surface area contributed by atoms with E-state index in [-0.39, 0.29) is 23.4 Å². The molecule has 1 amide bonds. The van der Waals surface area contributed by atoms with Gasteiger partial charge in [0.2, 0.25) is 5.76 Å². The Morgan fingerprint density at radius 1 is 1.00 bits per heavy atom. The lowest BCUT2D eigenvalue weighted by Gasteiger charge is -2.25. The number of anilines is 1. The Kier molecular flexibility index (Phi) is 5.69. The fourth-order valence-electron chi connectivity index (χ4n) is 4.43. The molecule has 0 bridgehead atoms. The first-order valence-electron chi connectivity index (χ1n) is 11.2. The Hall–Kier alpha value is -3.90. The van der Waals surface area contributed by atoms with Gasteiger partial charge in [-0.3, -0.25) is 14.5 Å². The van der Waals surface area contributed by atoms with Crippen LogP contribution in [0.2, 0.25) is 5.02 Å². The van der Waals surface area contributed by atoms with E-state index in [0.717, 1.165) is 11.1 Å². The van der Waals surface area contributed by atoms with Crippen LogP contribution in [-0.4, -0.2) is 18.5 Å². The Bertz CT molecular complexity index is 1540. The van der Waals surface area contributed by atoms with Gasteiger partial charge in [0.05, 0.1) is 29.2 Å². The van der Waals surface area contributed by atoms with Crippen molar-refractivity contribution in [3.63, 3.8) is 0 Å². The van der Waals surface area contributed by atoms with Crippen LogP contribution in [0.15, 0.2) is 69.9 Å². The van der Waals surface area contributed by atoms with Crippen LogP contribution in [0.1, 0.15) is 56.1 Å². The van der Waals surface area contributed by atoms with Gasteiger partial charge in [-0.2, -0.15) is 0 Å². The van der Waals surface area contributed by atoms with Gasteiger partial charge in [0.25, 0.3) is 5.91 Å². The minimum absolute atomic E-state index is 0.0140. The van der Waals surface area contributed by atoms with E-state index in [4.69, 9.17) is 20.8 Å². The summed E-state index contributed by atoms with van der Waals surface area (Å²) in [7, 11) is 0. The SMILES string of the molecule is CCOC(=O)c1ccc(N2C(=O)c3oc4cc(C)c(C)cc4c(=O)c3C2c2ccc(Cl)cc2)cc1. The number of halogens is 1. The molecule has 1 aliphatic rings. The first-order valence-corrected chi connectivity index (χ1v) is 11.6. The van der Waals surface area contributed by atoms with E-state index in [2.05, 4.69) is 0 Å². The van der Waals surface area contributed by atoms with E-state index in [1.807, 2.05) is 13.8 Å². The van der Waals surface area contributed by atoms with E-state index in [9.17, 15) is 14.4 Å². The van der Waals surface area contributed by atoms with E-state index in [0.29, 0.717) is 32.8 Å². The summed E-state index contributed by atoms with van der Waals surface area (Å²) in [4.78, 5) is 41.1. The third-order valence-corrected chi connectivity index (χ3v) is 6.58. The number of esters is 1. The quantitative estimate of drug-likeness (QED) is 0.330. The highest BCUT2D eigenvalue weighted by atomic mass is 35.5. The lowest BCUT2D eigenvalue weighted by molar-refractivity contribution is 0.0526. The lowest BCUT2D eigenvalue weighted by atomic mass is 9.97. The topological polar surface area (TPSA) is 76.8 Å². The molecule has 4 aromatic rings. The molecule has 35 heavy (non-hydrogen) atoms. The molecule has 2 heterocycles. The van der Waals surface area contributed by atoms with Crippen molar-refractivity contribution in [3.05, 3.63) is 109 Å². The Balaban J connectivity index is 1.72. The minimum Gasteiger partial charge on any atom is -0.462 e. The van der Waals surface area contributed by atoms with Crippen molar-refractivity contribution in [2.24, 2.45) is 0 Å². The molecule has 0 fully saturated rings. The van der Waals surface area contributed by atoms with Gasteiger partial charge in [-0.1, -0.05) is 23.7 Å². The van der Waals surface area contributed by atoms with Gasteiger partial charge in [0.15, 0.2) is 5.43 Å². The van der Waals surface area contributed by atoms with Gasteiger partial charge >= 0.3 is 5.97 Å². The van der Waals surface area contributed by atoms with Gasteiger partial charge in [-0.05, 0) is 86.0 Å². The number of nitrogens with zero attached hydrogens (tertiary/aromatic N) is 1. The second kappa shape index (κ2) is 8.71. The molecule has 1 unspecified atom stereocenters. The number of carbonyl (C=O) groups is 2. The molecule has 0 N–H and O–H groups in total. The number of ether oxygens (including phenoxy) is 1. The first kappa shape index (κ1) is 22.9. The molecular formula is C28H22ClNO5. The van der Waals surface area contributed by atoms with Gasteiger partial charge in [-0.15, -0.1) is 0 Å². The molecule has 1 aliphatic heterocycles. The summed E-state index contributed by atoms with van der Waals surface area (Å²) >= 11 is 6.11. The molecule has 3 aromatic carbocycles. The van der Waals surface area contributed by atoms with Crippen LogP contribution in [-0.2, 0) is 4.74 Å². The maximum atomic E-state index is 13.7. The first-order chi connectivity index (χ1) is 16.8. The molecule has 7 heteroatoms. The molecule has 0 aliphatic carbocycles. The van der Waals surface area contributed by atoms with Gasteiger partial charge in [0, 0.05) is 10.7 Å². The van der Waals surface area contributed by atoms with E-state index in [1.165, 1.54) is 4.90 Å². The predicted molar refractivity (Wildman–Crippen MR) is 134 cm³/mol. The molecule has 5 rings (SSSR count). The Morgan fingerprint density at radius 3 is 2.31 bits per heavy atom. The molecule has 0 radical (unpaired) electrons. The highest BCUT2D eigenvalue weighted by molar-refractivity contribution is 6.30. The summed E-state index contributed by atoms with van der Waals surface area (Å²) in [5, 5.41) is 0.971. The molecular weight excluding hydrogens is 466 g/mol. The van der Waals surface area contributed by atoms with Crippen LogP contribution in [0, 0.1) is 13.8 Å². The van der Waals surface area contributed by atoms with E-state index < -0.39 is 17.9 Å². The second-order valence-corrected chi connectivity index (χ2v) is 8.94. The second-order valence-electron chi connectivity index (χ2n) is 8.50. The molecule has 1 aromatic heterocycles. The largest absolute Gasteiger partial charge is 0.462 e. The van der Waals surface area contributed by atoms with E-state index >= 15 is 0 Å². The Labute approximate surface area is 206 Å². The molecule has 176 valence electrons. The van der Waals surface area contributed by atoms with Crippen LogP contribution in [0.4, 0.5) is 5.69 Å². The smallest absolute Gasteiger partial charge is 0.338 e. The van der Waals surface area contributed by atoms with Crippen LogP contribution >= 0.6 is 11.6 Å². The maximum Gasteiger partial charge on any atom is 0.338 e.